The molecule has 0 saturated heterocycles. The van der Waals surface area contributed by atoms with E-state index in [1.165, 1.54) is 18.2 Å². The van der Waals surface area contributed by atoms with Crippen LogP contribution >= 0.6 is 23.2 Å². The largest absolute Gasteiger partial charge is 0.379 e. The molecule has 6 heteroatoms. The summed E-state index contributed by atoms with van der Waals surface area (Å²) in [7, 11) is 0. The van der Waals surface area contributed by atoms with Crippen molar-refractivity contribution in [2.75, 3.05) is 11.9 Å². The molecule has 0 amide bonds. The summed E-state index contributed by atoms with van der Waals surface area (Å²) >= 11 is 11.4. The van der Waals surface area contributed by atoms with Crippen LogP contribution in [0.4, 0.5) is 11.4 Å². The van der Waals surface area contributed by atoms with Crippen molar-refractivity contribution >= 4 is 34.6 Å². The summed E-state index contributed by atoms with van der Waals surface area (Å²) in [5.74, 6) is 0. The number of benzene rings is 1. The summed E-state index contributed by atoms with van der Waals surface area (Å²) in [6.45, 7) is 3.86. The lowest BCUT2D eigenvalue weighted by Gasteiger charge is -2.06. The van der Waals surface area contributed by atoms with Gasteiger partial charge in [0, 0.05) is 17.2 Å². The van der Waals surface area contributed by atoms with Gasteiger partial charge < -0.3 is 5.32 Å². The van der Waals surface area contributed by atoms with Crippen LogP contribution in [-0.2, 0) is 0 Å². The second kappa shape index (κ2) is 5.00. The smallest absolute Gasteiger partial charge is 0.271 e. The van der Waals surface area contributed by atoms with Crippen LogP contribution in [-0.4, -0.2) is 11.5 Å². The van der Waals surface area contributed by atoms with Crippen molar-refractivity contribution in [1.82, 2.24) is 0 Å². The van der Waals surface area contributed by atoms with Gasteiger partial charge in [0.2, 0.25) is 0 Å². The third-order valence-corrected chi connectivity index (χ3v) is 2.08. The molecule has 1 aromatic carbocycles. The van der Waals surface area contributed by atoms with Crippen LogP contribution in [0.5, 0.6) is 0 Å². The van der Waals surface area contributed by atoms with E-state index in [9.17, 15) is 10.1 Å². The molecule has 1 aromatic rings. The topological polar surface area (TPSA) is 55.2 Å². The lowest BCUT2D eigenvalue weighted by molar-refractivity contribution is -0.384. The first-order chi connectivity index (χ1) is 7.00. The predicted octanol–water partition coefficient (Wildman–Crippen LogP) is 3.41. The summed E-state index contributed by atoms with van der Waals surface area (Å²) in [4.78, 5) is 9.92. The molecule has 0 spiro atoms. The highest BCUT2D eigenvalue weighted by molar-refractivity contribution is 6.33. The van der Waals surface area contributed by atoms with Crippen LogP contribution in [0.1, 0.15) is 0 Å². The Kier molecular flexibility index (Phi) is 3.94. The number of nitrogens with one attached hydrogen (secondary N) is 1. The first-order valence-electron chi connectivity index (χ1n) is 4.02. The van der Waals surface area contributed by atoms with Crippen molar-refractivity contribution in [1.29, 1.82) is 0 Å². The zero-order valence-corrected chi connectivity index (χ0v) is 9.18. The van der Waals surface area contributed by atoms with Gasteiger partial charge in [0.25, 0.3) is 5.69 Å². The second-order valence-corrected chi connectivity index (χ2v) is 3.73. The minimum absolute atomic E-state index is 0.0461. The second-order valence-electron chi connectivity index (χ2n) is 2.79. The highest BCUT2D eigenvalue weighted by atomic mass is 35.5. The molecule has 0 aliphatic heterocycles. The first-order valence-corrected chi connectivity index (χ1v) is 4.77. The van der Waals surface area contributed by atoms with E-state index < -0.39 is 4.92 Å². The summed E-state index contributed by atoms with van der Waals surface area (Å²) in [6, 6.07) is 4.17. The van der Waals surface area contributed by atoms with Crippen molar-refractivity contribution in [2.24, 2.45) is 0 Å². The average Bonchev–Trinajstić information content (AvgIpc) is 2.15. The lowest BCUT2D eigenvalue weighted by Crippen LogP contribution is -2.01. The molecule has 15 heavy (non-hydrogen) atoms. The fourth-order valence-corrected chi connectivity index (χ4v) is 1.26. The molecule has 0 aromatic heterocycles. The summed E-state index contributed by atoms with van der Waals surface area (Å²) in [5, 5.41) is 14.0. The van der Waals surface area contributed by atoms with Gasteiger partial charge in [0.1, 0.15) is 0 Å². The zero-order valence-electron chi connectivity index (χ0n) is 7.67. The van der Waals surface area contributed by atoms with Gasteiger partial charge in [-0.25, -0.2) is 0 Å². The summed E-state index contributed by atoms with van der Waals surface area (Å²) in [5.41, 5.74) is 0.541. The van der Waals surface area contributed by atoms with Gasteiger partial charge in [0.15, 0.2) is 0 Å². The highest BCUT2D eigenvalue weighted by Gasteiger charge is 2.08. The molecule has 0 aliphatic rings. The molecule has 80 valence electrons. The SMILES string of the molecule is C=C(Cl)CNc1ccc([N+](=O)[O-])cc1Cl. The Morgan fingerprint density at radius 2 is 2.27 bits per heavy atom. The number of nitrogens with zero attached hydrogens (tertiary/aromatic N) is 1. The minimum Gasteiger partial charge on any atom is -0.379 e. The van der Waals surface area contributed by atoms with Gasteiger partial charge in [-0.2, -0.15) is 0 Å². The standard InChI is InChI=1S/C9H8Cl2N2O2/c1-6(10)5-12-9-3-2-7(13(14)15)4-8(9)11/h2-4,12H,1,5H2. The molecule has 0 unspecified atom stereocenters. The van der Waals surface area contributed by atoms with Gasteiger partial charge in [-0.05, 0) is 6.07 Å². The molecular formula is C9H8Cl2N2O2. The Labute approximate surface area is 96.6 Å². The number of rotatable bonds is 4. The molecule has 4 nitrogen and oxygen atoms in total. The fourth-order valence-electron chi connectivity index (χ4n) is 0.952. The number of hydrogen-bond donors (Lipinski definition) is 1. The molecule has 0 radical (unpaired) electrons. The zero-order chi connectivity index (χ0) is 11.4. The molecule has 0 atom stereocenters. The molecule has 0 aliphatic carbocycles. The maximum atomic E-state index is 10.4. The van der Waals surface area contributed by atoms with E-state index in [1.807, 2.05) is 0 Å². The minimum atomic E-state index is -0.504. The molecule has 0 saturated carbocycles. The Balaban J connectivity index is 2.83. The van der Waals surface area contributed by atoms with E-state index in [2.05, 4.69) is 11.9 Å². The van der Waals surface area contributed by atoms with Gasteiger partial charge in [-0.1, -0.05) is 29.8 Å². The van der Waals surface area contributed by atoms with Crippen molar-refractivity contribution in [3.8, 4) is 0 Å². The number of anilines is 1. The number of non-ortho nitro benzene ring substituents is 1. The van der Waals surface area contributed by atoms with Crippen LogP contribution in [0.2, 0.25) is 5.02 Å². The van der Waals surface area contributed by atoms with Crippen molar-refractivity contribution in [2.45, 2.75) is 0 Å². The number of nitro benzene ring substituents is 1. The average molecular weight is 247 g/mol. The maximum absolute atomic E-state index is 10.4. The van der Waals surface area contributed by atoms with Crippen LogP contribution in [0.15, 0.2) is 29.8 Å². The van der Waals surface area contributed by atoms with Gasteiger partial charge in [0.05, 0.1) is 22.2 Å². The lowest BCUT2D eigenvalue weighted by atomic mass is 10.3. The molecule has 0 heterocycles. The third kappa shape index (κ3) is 3.42. The number of nitro groups is 1. The van der Waals surface area contributed by atoms with Gasteiger partial charge in [-0.15, -0.1) is 0 Å². The van der Waals surface area contributed by atoms with E-state index >= 15 is 0 Å². The van der Waals surface area contributed by atoms with Gasteiger partial charge >= 0.3 is 0 Å². The van der Waals surface area contributed by atoms with Crippen LogP contribution < -0.4 is 5.32 Å². The Morgan fingerprint density at radius 1 is 1.60 bits per heavy atom. The van der Waals surface area contributed by atoms with E-state index in [1.54, 1.807) is 0 Å². The Bertz CT molecular complexity index is 407. The normalized spacial score (nSPS) is 9.73. The highest BCUT2D eigenvalue weighted by Crippen LogP contribution is 2.26. The van der Waals surface area contributed by atoms with Crippen molar-refractivity contribution < 1.29 is 4.92 Å². The fraction of sp³-hybridized carbons (Fsp3) is 0.111. The Morgan fingerprint density at radius 3 is 2.73 bits per heavy atom. The van der Waals surface area contributed by atoms with Crippen molar-refractivity contribution in [3.63, 3.8) is 0 Å². The van der Waals surface area contributed by atoms with E-state index in [0.29, 0.717) is 17.3 Å². The van der Waals surface area contributed by atoms with Crippen LogP contribution in [0.3, 0.4) is 0 Å². The van der Waals surface area contributed by atoms with E-state index in [-0.39, 0.29) is 10.7 Å². The summed E-state index contributed by atoms with van der Waals surface area (Å²) in [6.07, 6.45) is 0. The predicted molar refractivity (Wildman–Crippen MR) is 61.6 cm³/mol. The van der Waals surface area contributed by atoms with Crippen LogP contribution in [0.25, 0.3) is 0 Å². The quantitative estimate of drug-likeness (QED) is 0.655. The van der Waals surface area contributed by atoms with Crippen LogP contribution in [0, 0.1) is 10.1 Å². The molecule has 0 fully saturated rings. The van der Waals surface area contributed by atoms with Crippen molar-refractivity contribution in [3.05, 3.63) is 44.9 Å². The van der Waals surface area contributed by atoms with Gasteiger partial charge in [-0.3, -0.25) is 10.1 Å². The first kappa shape index (κ1) is 11.8. The molecular weight excluding hydrogens is 239 g/mol. The molecule has 0 bridgehead atoms. The maximum Gasteiger partial charge on any atom is 0.271 e. The van der Waals surface area contributed by atoms with E-state index in [0.717, 1.165) is 0 Å². The third-order valence-electron chi connectivity index (χ3n) is 1.63. The summed E-state index contributed by atoms with van der Waals surface area (Å²) < 4.78 is 0. The molecule has 1 rings (SSSR count). The molecule has 1 N–H and O–H groups in total. The number of halogens is 2. The van der Waals surface area contributed by atoms with E-state index in [4.69, 9.17) is 23.2 Å². The monoisotopic (exact) mass is 246 g/mol. The number of hydrogen-bond acceptors (Lipinski definition) is 3. The Hall–Kier alpha value is -1.26.